The van der Waals surface area contributed by atoms with Crippen LogP contribution in [0.15, 0.2) is 24.3 Å². The molecule has 17 heavy (non-hydrogen) atoms. The van der Waals surface area contributed by atoms with E-state index in [1.165, 1.54) is 0 Å². The first-order valence-electron chi connectivity index (χ1n) is 4.78. The molecule has 2 rings (SSSR count). The highest BCUT2D eigenvalue weighted by molar-refractivity contribution is 6.42. The van der Waals surface area contributed by atoms with E-state index in [1.807, 2.05) is 6.92 Å². The Kier molecular flexibility index (Phi) is 3.72. The van der Waals surface area contributed by atoms with Crippen molar-refractivity contribution < 1.29 is 0 Å². The Morgan fingerprint density at radius 3 is 2.41 bits per heavy atom. The average molecular weight is 289 g/mol. The van der Waals surface area contributed by atoms with Crippen LogP contribution in [0.3, 0.4) is 0 Å². The van der Waals surface area contributed by atoms with Crippen molar-refractivity contribution >= 4 is 46.3 Å². The van der Waals surface area contributed by atoms with E-state index in [2.05, 4.69) is 15.3 Å². The number of nitrogens with one attached hydrogen (secondary N) is 1. The van der Waals surface area contributed by atoms with Gasteiger partial charge in [-0.05, 0) is 36.7 Å². The maximum Gasteiger partial charge on any atom is 0.224 e. The van der Waals surface area contributed by atoms with Crippen LogP contribution < -0.4 is 5.32 Å². The van der Waals surface area contributed by atoms with Crippen LogP contribution in [-0.2, 0) is 0 Å². The number of anilines is 2. The zero-order valence-corrected chi connectivity index (χ0v) is 11.1. The quantitative estimate of drug-likeness (QED) is 0.827. The third kappa shape index (κ3) is 3.22. The van der Waals surface area contributed by atoms with Crippen molar-refractivity contribution in [3.63, 3.8) is 0 Å². The number of aryl methyl sites for hydroxylation is 1. The van der Waals surface area contributed by atoms with Crippen LogP contribution in [0.4, 0.5) is 11.5 Å². The van der Waals surface area contributed by atoms with Gasteiger partial charge in [-0.2, -0.15) is 0 Å². The lowest BCUT2D eigenvalue weighted by molar-refractivity contribution is 1.10. The molecular formula is C11H8Cl3N3. The highest BCUT2D eigenvalue weighted by atomic mass is 35.5. The van der Waals surface area contributed by atoms with Crippen molar-refractivity contribution in [2.45, 2.75) is 6.92 Å². The Morgan fingerprint density at radius 1 is 1.00 bits per heavy atom. The van der Waals surface area contributed by atoms with Gasteiger partial charge in [-0.25, -0.2) is 9.97 Å². The minimum Gasteiger partial charge on any atom is -0.340 e. The Labute approximate surface area is 114 Å². The molecule has 6 heteroatoms. The molecule has 0 aliphatic heterocycles. The predicted octanol–water partition coefficient (Wildman–Crippen LogP) is 4.49. The predicted molar refractivity (Wildman–Crippen MR) is 71.5 cm³/mol. The molecule has 3 nitrogen and oxygen atoms in total. The number of aromatic nitrogens is 2. The van der Waals surface area contributed by atoms with E-state index < -0.39 is 0 Å². The molecule has 1 N–H and O–H groups in total. The second-order valence-corrected chi connectivity index (χ2v) is 4.57. The number of hydrogen-bond donors (Lipinski definition) is 1. The topological polar surface area (TPSA) is 37.8 Å². The van der Waals surface area contributed by atoms with Gasteiger partial charge in [-0.15, -0.1) is 0 Å². The van der Waals surface area contributed by atoms with Gasteiger partial charge in [0, 0.05) is 17.4 Å². The third-order valence-corrected chi connectivity index (χ3v) is 2.93. The first-order valence-corrected chi connectivity index (χ1v) is 5.91. The molecule has 0 bridgehead atoms. The van der Waals surface area contributed by atoms with Crippen molar-refractivity contribution in [3.05, 3.63) is 45.3 Å². The number of benzene rings is 1. The third-order valence-electron chi connectivity index (χ3n) is 2.02. The van der Waals surface area contributed by atoms with E-state index in [4.69, 9.17) is 34.8 Å². The summed E-state index contributed by atoms with van der Waals surface area (Å²) in [5, 5.41) is 4.26. The number of halogens is 3. The van der Waals surface area contributed by atoms with E-state index in [-0.39, 0.29) is 5.28 Å². The summed E-state index contributed by atoms with van der Waals surface area (Å²) in [6.07, 6.45) is 0. The average Bonchev–Trinajstić information content (AvgIpc) is 2.22. The van der Waals surface area contributed by atoms with Gasteiger partial charge in [-0.3, -0.25) is 0 Å². The van der Waals surface area contributed by atoms with Gasteiger partial charge in [-0.1, -0.05) is 23.2 Å². The Morgan fingerprint density at radius 2 is 1.76 bits per heavy atom. The molecule has 0 aliphatic rings. The molecule has 0 fully saturated rings. The first kappa shape index (κ1) is 12.4. The van der Waals surface area contributed by atoms with E-state index in [9.17, 15) is 0 Å². The second-order valence-electron chi connectivity index (χ2n) is 3.42. The van der Waals surface area contributed by atoms with E-state index in [1.54, 1.807) is 24.3 Å². The van der Waals surface area contributed by atoms with Crippen molar-refractivity contribution in [1.82, 2.24) is 9.97 Å². The summed E-state index contributed by atoms with van der Waals surface area (Å²) in [6, 6.07) is 7.02. The normalized spacial score (nSPS) is 10.4. The number of nitrogens with zero attached hydrogens (tertiary/aromatic N) is 2. The summed E-state index contributed by atoms with van der Waals surface area (Å²) >= 11 is 17.5. The zero-order valence-electron chi connectivity index (χ0n) is 8.84. The van der Waals surface area contributed by atoms with Gasteiger partial charge in [0.05, 0.1) is 10.0 Å². The molecule has 1 aromatic heterocycles. The maximum atomic E-state index is 5.91. The van der Waals surface area contributed by atoms with E-state index in [0.717, 1.165) is 11.4 Å². The van der Waals surface area contributed by atoms with Gasteiger partial charge in [0.2, 0.25) is 5.28 Å². The lowest BCUT2D eigenvalue weighted by Crippen LogP contribution is -1.96. The lowest BCUT2D eigenvalue weighted by atomic mass is 10.3. The van der Waals surface area contributed by atoms with Crippen LogP contribution in [0.5, 0.6) is 0 Å². The summed E-state index contributed by atoms with van der Waals surface area (Å²) in [6.45, 7) is 1.84. The van der Waals surface area contributed by atoms with Crippen LogP contribution in [0.2, 0.25) is 15.3 Å². The Balaban J connectivity index is 2.28. The van der Waals surface area contributed by atoms with E-state index in [0.29, 0.717) is 15.9 Å². The monoisotopic (exact) mass is 287 g/mol. The van der Waals surface area contributed by atoms with Crippen molar-refractivity contribution in [1.29, 1.82) is 0 Å². The summed E-state index contributed by atoms with van der Waals surface area (Å²) < 4.78 is 0. The molecule has 0 saturated carbocycles. The molecule has 0 unspecified atom stereocenters. The molecule has 1 aromatic carbocycles. The maximum absolute atomic E-state index is 5.91. The van der Waals surface area contributed by atoms with Crippen LogP contribution in [-0.4, -0.2) is 9.97 Å². The van der Waals surface area contributed by atoms with Gasteiger partial charge >= 0.3 is 0 Å². The van der Waals surface area contributed by atoms with Gasteiger partial charge < -0.3 is 5.32 Å². The fourth-order valence-corrected chi connectivity index (χ4v) is 1.84. The van der Waals surface area contributed by atoms with Crippen molar-refractivity contribution in [3.8, 4) is 0 Å². The fraction of sp³-hybridized carbons (Fsp3) is 0.0909. The van der Waals surface area contributed by atoms with Crippen LogP contribution in [0.25, 0.3) is 0 Å². The largest absolute Gasteiger partial charge is 0.340 e. The molecule has 88 valence electrons. The van der Waals surface area contributed by atoms with Crippen molar-refractivity contribution in [2.75, 3.05) is 5.32 Å². The van der Waals surface area contributed by atoms with Gasteiger partial charge in [0.1, 0.15) is 5.82 Å². The molecule has 0 radical (unpaired) electrons. The zero-order chi connectivity index (χ0) is 12.4. The lowest BCUT2D eigenvalue weighted by Gasteiger charge is -2.07. The summed E-state index contributed by atoms with van der Waals surface area (Å²) in [5.41, 5.74) is 1.57. The van der Waals surface area contributed by atoms with E-state index >= 15 is 0 Å². The Hall–Kier alpha value is -1.03. The summed E-state index contributed by atoms with van der Waals surface area (Å²) in [7, 11) is 0. The summed E-state index contributed by atoms with van der Waals surface area (Å²) in [4.78, 5) is 8.02. The number of rotatable bonds is 2. The molecule has 0 amide bonds. The van der Waals surface area contributed by atoms with Crippen LogP contribution >= 0.6 is 34.8 Å². The minimum atomic E-state index is 0.201. The first-order chi connectivity index (χ1) is 8.04. The Bertz CT molecular complexity index is 537. The van der Waals surface area contributed by atoms with Gasteiger partial charge in [0.15, 0.2) is 0 Å². The molecule has 0 spiro atoms. The molecular weight excluding hydrogens is 281 g/mol. The minimum absolute atomic E-state index is 0.201. The van der Waals surface area contributed by atoms with Crippen LogP contribution in [0, 0.1) is 6.92 Å². The number of hydrogen-bond acceptors (Lipinski definition) is 3. The second kappa shape index (κ2) is 5.08. The summed E-state index contributed by atoms with van der Waals surface area (Å²) in [5.74, 6) is 0.612. The van der Waals surface area contributed by atoms with Crippen LogP contribution in [0.1, 0.15) is 5.69 Å². The highest BCUT2D eigenvalue weighted by Crippen LogP contribution is 2.26. The van der Waals surface area contributed by atoms with Crippen molar-refractivity contribution in [2.24, 2.45) is 0 Å². The molecule has 1 heterocycles. The fourth-order valence-electron chi connectivity index (χ4n) is 1.32. The molecule has 2 aromatic rings. The molecule has 0 atom stereocenters. The highest BCUT2D eigenvalue weighted by Gasteiger charge is 2.03. The SMILES string of the molecule is Cc1cc(Nc2ccc(Cl)c(Cl)c2)nc(Cl)n1. The standard InChI is InChI=1S/C11H8Cl3N3/c1-6-4-10(17-11(14)15-6)16-7-2-3-8(12)9(13)5-7/h2-5H,1H3,(H,15,16,17). The molecule has 0 aliphatic carbocycles. The smallest absolute Gasteiger partial charge is 0.224 e. The van der Waals surface area contributed by atoms with Gasteiger partial charge in [0.25, 0.3) is 0 Å². The molecule has 0 saturated heterocycles.